The van der Waals surface area contributed by atoms with Crippen molar-refractivity contribution in [2.75, 3.05) is 52.6 Å². The summed E-state index contributed by atoms with van der Waals surface area (Å²) in [4.78, 5) is 26.3. The van der Waals surface area contributed by atoms with E-state index in [4.69, 9.17) is 9.47 Å². The molecule has 0 radical (unpaired) electrons. The van der Waals surface area contributed by atoms with Crippen LogP contribution in [0.25, 0.3) is 0 Å². The molecule has 1 aromatic rings. The number of hydrogen-bond acceptors (Lipinski definition) is 6. The van der Waals surface area contributed by atoms with Crippen molar-refractivity contribution >= 4 is 11.8 Å². The van der Waals surface area contributed by atoms with Crippen molar-refractivity contribution < 1.29 is 19.1 Å². The van der Waals surface area contributed by atoms with Crippen LogP contribution in [0.3, 0.4) is 0 Å². The predicted molar refractivity (Wildman–Crippen MR) is 135 cm³/mol. The van der Waals surface area contributed by atoms with Crippen LogP contribution in [0, 0.1) is 11.8 Å². The van der Waals surface area contributed by atoms with Gasteiger partial charge in [-0.3, -0.25) is 14.5 Å². The van der Waals surface area contributed by atoms with E-state index in [-0.39, 0.29) is 23.7 Å². The Labute approximate surface area is 209 Å². The predicted octanol–water partition coefficient (Wildman–Crippen LogP) is 1.69. The number of hydrogen-bond donors (Lipinski definition) is 3. The maximum Gasteiger partial charge on any atom is 0.225 e. The molecule has 0 aromatic heterocycles. The van der Waals surface area contributed by atoms with E-state index in [2.05, 4.69) is 51.2 Å². The number of nitrogens with zero attached hydrogens (tertiary/aromatic N) is 1. The summed E-state index contributed by atoms with van der Waals surface area (Å²) in [5.41, 5.74) is 1.36. The molecule has 0 saturated carbocycles. The molecule has 5 rings (SSSR count). The number of likely N-dealkylation sites (tertiary alicyclic amines) is 1. The lowest BCUT2D eigenvalue weighted by atomic mass is 10.0. The zero-order valence-corrected chi connectivity index (χ0v) is 20.9. The van der Waals surface area contributed by atoms with Gasteiger partial charge in [-0.1, -0.05) is 30.3 Å². The summed E-state index contributed by atoms with van der Waals surface area (Å²) in [6, 6.07) is 11.3. The van der Waals surface area contributed by atoms with Crippen molar-refractivity contribution in [3.05, 3.63) is 35.9 Å². The minimum absolute atomic E-state index is 0.0762. The molecule has 0 aliphatic carbocycles. The average Bonchev–Trinajstić information content (AvgIpc) is 3.62. The van der Waals surface area contributed by atoms with Crippen LogP contribution in [0.5, 0.6) is 0 Å². The second-order valence-electron chi connectivity index (χ2n) is 10.2. The number of piperidine rings is 2. The molecule has 194 valence electrons. The van der Waals surface area contributed by atoms with Gasteiger partial charge in [0.15, 0.2) is 0 Å². The van der Waals surface area contributed by atoms with Gasteiger partial charge in [0, 0.05) is 44.9 Å². The summed E-state index contributed by atoms with van der Waals surface area (Å²) >= 11 is 0. The number of carbonyl (C=O) groups excluding carboxylic acids is 2. The first-order chi connectivity index (χ1) is 17.2. The van der Waals surface area contributed by atoms with Crippen LogP contribution in [0.15, 0.2) is 30.3 Å². The third-order valence-corrected chi connectivity index (χ3v) is 7.47. The second-order valence-corrected chi connectivity index (χ2v) is 10.2. The van der Waals surface area contributed by atoms with E-state index in [9.17, 15) is 9.59 Å². The SMILES string of the molecule is O=C(NC1CCN(Cc2ccccc2)CC1)[C@H]1CCOC1.O=C(NC1CCNCC1)[C@H]1CCOC1. The van der Waals surface area contributed by atoms with Crippen molar-refractivity contribution in [3.8, 4) is 0 Å². The normalized spacial score (nSPS) is 26.1. The van der Waals surface area contributed by atoms with Gasteiger partial charge >= 0.3 is 0 Å². The standard InChI is InChI=1S/C17H24N2O2.C10H18N2O2/c20-17(15-8-11-21-13-15)18-16-6-9-19(10-7-16)12-14-4-2-1-3-5-14;13-10(8-3-6-14-7-8)12-9-1-4-11-5-2-9/h1-5,15-16H,6-13H2,(H,18,20);8-9,11H,1-7H2,(H,12,13)/t15-;8-/m00/s1. The van der Waals surface area contributed by atoms with Gasteiger partial charge in [-0.15, -0.1) is 0 Å². The molecule has 2 amide bonds. The van der Waals surface area contributed by atoms with Crippen molar-refractivity contribution in [1.29, 1.82) is 0 Å². The van der Waals surface area contributed by atoms with Gasteiger partial charge in [0.05, 0.1) is 25.0 Å². The number of carbonyl (C=O) groups is 2. The molecule has 4 fully saturated rings. The molecule has 1 aromatic carbocycles. The Morgan fingerprint density at radius 3 is 1.86 bits per heavy atom. The molecule has 0 spiro atoms. The van der Waals surface area contributed by atoms with Gasteiger partial charge in [0.1, 0.15) is 0 Å². The highest BCUT2D eigenvalue weighted by Crippen LogP contribution is 2.17. The van der Waals surface area contributed by atoms with Gasteiger partial charge in [0.25, 0.3) is 0 Å². The van der Waals surface area contributed by atoms with E-state index >= 15 is 0 Å². The molecular formula is C27H42N4O4. The fourth-order valence-electron chi connectivity index (χ4n) is 5.16. The van der Waals surface area contributed by atoms with Crippen LogP contribution in [0.4, 0.5) is 0 Å². The maximum atomic E-state index is 12.1. The summed E-state index contributed by atoms with van der Waals surface area (Å²) in [6.07, 6.45) is 5.96. The van der Waals surface area contributed by atoms with Gasteiger partial charge < -0.3 is 25.4 Å². The summed E-state index contributed by atoms with van der Waals surface area (Å²) < 4.78 is 10.5. The number of ether oxygens (including phenoxy) is 2. The van der Waals surface area contributed by atoms with Gasteiger partial charge in [-0.25, -0.2) is 0 Å². The lowest BCUT2D eigenvalue weighted by molar-refractivity contribution is -0.126. The molecule has 35 heavy (non-hydrogen) atoms. The van der Waals surface area contributed by atoms with Crippen molar-refractivity contribution in [2.45, 2.75) is 57.2 Å². The molecule has 8 nitrogen and oxygen atoms in total. The summed E-state index contributed by atoms with van der Waals surface area (Å²) in [6.45, 7) is 7.84. The maximum absolute atomic E-state index is 12.1. The highest BCUT2D eigenvalue weighted by Gasteiger charge is 2.27. The van der Waals surface area contributed by atoms with E-state index in [0.29, 0.717) is 25.3 Å². The average molecular weight is 487 g/mol. The monoisotopic (exact) mass is 486 g/mol. The van der Waals surface area contributed by atoms with Crippen LogP contribution >= 0.6 is 0 Å². The van der Waals surface area contributed by atoms with Crippen molar-refractivity contribution in [3.63, 3.8) is 0 Å². The van der Waals surface area contributed by atoms with E-state index in [1.807, 2.05) is 0 Å². The van der Waals surface area contributed by atoms with Crippen LogP contribution in [0.2, 0.25) is 0 Å². The van der Waals surface area contributed by atoms with E-state index < -0.39 is 0 Å². The van der Waals surface area contributed by atoms with Gasteiger partial charge in [0.2, 0.25) is 11.8 Å². The van der Waals surface area contributed by atoms with Gasteiger partial charge in [-0.2, -0.15) is 0 Å². The molecule has 2 atom stereocenters. The quantitative estimate of drug-likeness (QED) is 0.567. The Morgan fingerprint density at radius 1 is 0.800 bits per heavy atom. The molecule has 3 N–H and O–H groups in total. The van der Waals surface area contributed by atoms with E-state index in [0.717, 1.165) is 84.5 Å². The summed E-state index contributed by atoms with van der Waals surface area (Å²) in [7, 11) is 0. The molecular weight excluding hydrogens is 444 g/mol. The second kappa shape index (κ2) is 13.9. The largest absolute Gasteiger partial charge is 0.381 e. The number of benzene rings is 1. The minimum atomic E-state index is 0.0762. The number of rotatable bonds is 6. The Balaban J connectivity index is 0.000000179. The Hall–Kier alpha value is -2.00. The highest BCUT2D eigenvalue weighted by molar-refractivity contribution is 5.79. The van der Waals surface area contributed by atoms with Gasteiger partial charge in [-0.05, 0) is 57.2 Å². The lowest BCUT2D eigenvalue weighted by Crippen LogP contribution is -2.46. The minimum Gasteiger partial charge on any atom is -0.381 e. The van der Waals surface area contributed by atoms with Crippen LogP contribution in [0.1, 0.15) is 44.1 Å². The molecule has 4 aliphatic rings. The topological polar surface area (TPSA) is 91.9 Å². The number of amides is 2. The molecule has 4 heterocycles. The Bertz CT molecular complexity index is 767. The summed E-state index contributed by atoms with van der Waals surface area (Å²) in [5, 5.41) is 9.58. The van der Waals surface area contributed by atoms with E-state index in [1.54, 1.807) is 0 Å². The van der Waals surface area contributed by atoms with Crippen LogP contribution < -0.4 is 16.0 Å². The molecule has 0 bridgehead atoms. The fraction of sp³-hybridized carbons (Fsp3) is 0.704. The zero-order valence-electron chi connectivity index (χ0n) is 20.9. The molecule has 4 aliphatic heterocycles. The smallest absolute Gasteiger partial charge is 0.225 e. The Kier molecular flexibility index (Phi) is 10.4. The molecule has 4 saturated heterocycles. The van der Waals surface area contributed by atoms with E-state index in [1.165, 1.54) is 5.56 Å². The third kappa shape index (κ3) is 8.56. The fourth-order valence-corrected chi connectivity index (χ4v) is 5.16. The van der Waals surface area contributed by atoms with Crippen molar-refractivity contribution in [2.24, 2.45) is 11.8 Å². The molecule has 0 unspecified atom stereocenters. The highest BCUT2D eigenvalue weighted by atomic mass is 16.5. The number of nitrogens with one attached hydrogen (secondary N) is 3. The zero-order chi connectivity index (χ0) is 24.3. The third-order valence-electron chi connectivity index (χ3n) is 7.47. The molecule has 8 heteroatoms. The van der Waals surface area contributed by atoms with Crippen LogP contribution in [-0.2, 0) is 25.6 Å². The van der Waals surface area contributed by atoms with Crippen LogP contribution in [-0.4, -0.2) is 81.4 Å². The first-order valence-corrected chi connectivity index (χ1v) is 13.4. The van der Waals surface area contributed by atoms with Crippen molar-refractivity contribution in [1.82, 2.24) is 20.9 Å². The first kappa shape index (κ1) is 26.1. The first-order valence-electron chi connectivity index (χ1n) is 13.4. The Morgan fingerprint density at radius 2 is 1.34 bits per heavy atom. The summed E-state index contributed by atoms with van der Waals surface area (Å²) in [5.74, 6) is 0.556. The lowest BCUT2D eigenvalue weighted by Gasteiger charge is -2.32.